The van der Waals surface area contributed by atoms with Crippen molar-refractivity contribution in [2.45, 2.75) is 33.7 Å². The number of aliphatic imine (C=N–C) groups is 1. The number of nitrogens with one attached hydrogen (secondary N) is 2. The van der Waals surface area contributed by atoms with E-state index < -0.39 is 0 Å². The second kappa shape index (κ2) is 14.3. The number of hydrogen-bond donors (Lipinski definition) is 2. The molecule has 1 aromatic rings. The zero-order valence-corrected chi connectivity index (χ0v) is 17.5. The molecule has 0 aromatic carbocycles. The van der Waals surface area contributed by atoms with Gasteiger partial charge in [0.25, 0.3) is 0 Å². The molecule has 24 heavy (non-hydrogen) atoms. The predicted octanol–water partition coefficient (Wildman–Crippen LogP) is 2.83. The Morgan fingerprint density at radius 3 is 2.75 bits per heavy atom. The number of nitrogens with zero attached hydrogens (tertiary/aromatic N) is 2. The normalized spacial score (nSPS) is 11.1. The monoisotopic (exact) mass is 450 g/mol. The Morgan fingerprint density at radius 2 is 2.08 bits per heavy atom. The van der Waals surface area contributed by atoms with Gasteiger partial charge in [-0.1, -0.05) is 19.9 Å². The van der Waals surface area contributed by atoms with Crippen LogP contribution in [-0.4, -0.2) is 44.4 Å². The van der Waals surface area contributed by atoms with Gasteiger partial charge in [-0.05, 0) is 25.3 Å². The number of methoxy groups -OCH3 is 1. The van der Waals surface area contributed by atoms with E-state index in [0.717, 1.165) is 37.6 Å². The molecule has 0 radical (unpaired) electrons. The first-order valence-electron chi connectivity index (χ1n) is 8.25. The van der Waals surface area contributed by atoms with Crippen LogP contribution in [0.2, 0.25) is 0 Å². The third-order valence-corrected chi connectivity index (χ3v) is 3.17. The van der Waals surface area contributed by atoms with Crippen molar-refractivity contribution in [3.05, 3.63) is 23.9 Å². The van der Waals surface area contributed by atoms with Crippen molar-refractivity contribution < 1.29 is 9.47 Å². The highest BCUT2D eigenvalue weighted by Crippen LogP contribution is 2.14. The molecule has 1 rings (SSSR count). The molecule has 0 saturated carbocycles. The van der Waals surface area contributed by atoms with Crippen molar-refractivity contribution >= 4 is 29.9 Å². The summed E-state index contributed by atoms with van der Waals surface area (Å²) in [5, 5.41) is 6.49. The number of ether oxygens (including phenoxy) is 2. The molecule has 0 amide bonds. The minimum Gasteiger partial charge on any atom is -0.481 e. The lowest BCUT2D eigenvalue weighted by molar-refractivity contribution is 0.128. The molecule has 0 aliphatic carbocycles. The smallest absolute Gasteiger partial charge is 0.218 e. The molecule has 0 spiro atoms. The van der Waals surface area contributed by atoms with Gasteiger partial charge in [0.15, 0.2) is 5.96 Å². The van der Waals surface area contributed by atoms with Crippen LogP contribution in [0.4, 0.5) is 0 Å². The Labute approximate surface area is 162 Å². The maximum atomic E-state index is 5.60. The predicted molar refractivity (Wildman–Crippen MR) is 109 cm³/mol. The summed E-state index contributed by atoms with van der Waals surface area (Å²) in [5.41, 5.74) is 0.959. The van der Waals surface area contributed by atoms with Crippen LogP contribution in [0, 0.1) is 5.92 Å². The minimum atomic E-state index is 0. The van der Waals surface area contributed by atoms with E-state index in [1.54, 1.807) is 13.3 Å². The second-order valence-electron chi connectivity index (χ2n) is 5.59. The molecule has 1 heterocycles. The van der Waals surface area contributed by atoms with E-state index in [1.165, 1.54) is 0 Å². The Morgan fingerprint density at radius 1 is 1.29 bits per heavy atom. The van der Waals surface area contributed by atoms with Crippen molar-refractivity contribution in [2.75, 3.05) is 33.4 Å². The van der Waals surface area contributed by atoms with Crippen molar-refractivity contribution in [1.82, 2.24) is 15.6 Å². The Kier molecular flexibility index (Phi) is 13.6. The quantitative estimate of drug-likeness (QED) is 0.248. The van der Waals surface area contributed by atoms with Crippen LogP contribution in [0.1, 0.15) is 32.8 Å². The van der Waals surface area contributed by atoms with Gasteiger partial charge in [0, 0.05) is 31.5 Å². The van der Waals surface area contributed by atoms with E-state index in [2.05, 4.69) is 34.5 Å². The second-order valence-corrected chi connectivity index (χ2v) is 5.59. The molecule has 2 N–H and O–H groups in total. The van der Waals surface area contributed by atoms with E-state index in [4.69, 9.17) is 9.47 Å². The van der Waals surface area contributed by atoms with Gasteiger partial charge in [0.1, 0.15) is 0 Å². The lowest BCUT2D eigenvalue weighted by Gasteiger charge is -2.12. The number of halogens is 1. The van der Waals surface area contributed by atoms with Crippen LogP contribution in [0.5, 0.6) is 5.88 Å². The molecule has 7 heteroatoms. The Hall–Kier alpha value is -1.09. The molecule has 0 bridgehead atoms. The zero-order valence-electron chi connectivity index (χ0n) is 15.2. The molecule has 138 valence electrons. The van der Waals surface area contributed by atoms with E-state index >= 15 is 0 Å². The largest absolute Gasteiger partial charge is 0.481 e. The van der Waals surface area contributed by atoms with Gasteiger partial charge in [-0.3, -0.25) is 0 Å². The standard InChI is InChI=1S/C17H30N4O2.HI/c1-5-18-17(20-10-12-23-11-8-14(2)3)21-13-15-7-6-9-19-16(15)22-4;/h6-7,9,14H,5,8,10-13H2,1-4H3,(H2,18,20,21);1H. The fourth-order valence-electron chi connectivity index (χ4n) is 1.90. The van der Waals surface area contributed by atoms with Crippen LogP contribution >= 0.6 is 24.0 Å². The SMILES string of the molecule is CCNC(=NCc1cccnc1OC)NCCOCCC(C)C.I. The summed E-state index contributed by atoms with van der Waals surface area (Å²) in [6.45, 7) is 9.97. The first-order valence-corrected chi connectivity index (χ1v) is 8.25. The van der Waals surface area contributed by atoms with Crippen LogP contribution < -0.4 is 15.4 Å². The first kappa shape index (κ1) is 22.9. The van der Waals surface area contributed by atoms with Crippen LogP contribution in [-0.2, 0) is 11.3 Å². The molecular formula is C17H31IN4O2. The van der Waals surface area contributed by atoms with Crippen molar-refractivity contribution in [1.29, 1.82) is 0 Å². The fourth-order valence-corrected chi connectivity index (χ4v) is 1.90. The number of pyridine rings is 1. The summed E-state index contributed by atoms with van der Waals surface area (Å²) in [5.74, 6) is 2.06. The average Bonchev–Trinajstić information content (AvgIpc) is 2.55. The van der Waals surface area contributed by atoms with Crippen LogP contribution in [0.3, 0.4) is 0 Å². The number of rotatable bonds is 10. The fraction of sp³-hybridized carbons (Fsp3) is 0.647. The highest BCUT2D eigenvalue weighted by atomic mass is 127. The molecule has 0 aliphatic rings. The Bertz CT molecular complexity index is 470. The third-order valence-electron chi connectivity index (χ3n) is 3.17. The van der Waals surface area contributed by atoms with E-state index in [0.29, 0.717) is 24.9 Å². The Balaban J connectivity index is 0.00000529. The van der Waals surface area contributed by atoms with Gasteiger partial charge < -0.3 is 20.1 Å². The molecule has 6 nitrogen and oxygen atoms in total. The molecular weight excluding hydrogens is 419 g/mol. The molecule has 0 saturated heterocycles. The third kappa shape index (κ3) is 9.92. The van der Waals surface area contributed by atoms with Gasteiger partial charge in [0.05, 0.1) is 20.3 Å². The lowest BCUT2D eigenvalue weighted by atomic mass is 10.1. The van der Waals surface area contributed by atoms with Gasteiger partial charge in [-0.15, -0.1) is 24.0 Å². The van der Waals surface area contributed by atoms with Crippen molar-refractivity contribution in [2.24, 2.45) is 10.9 Å². The van der Waals surface area contributed by atoms with Crippen molar-refractivity contribution in [3.8, 4) is 5.88 Å². The van der Waals surface area contributed by atoms with E-state index in [9.17, 15) is 0 Å². The summed E-state index contributed by atoms with van der Waals surface area (Å²) in [4.78, 5) is 8.74. The molecule has 0 unspecified atom stereocenters. The van der Waals surface area contributed by atoms with Gasteiger partial charge in [-0.25, -0.2) is 9.98 Å². The number of hydrogen-bond acceptors (Lipinski definition) is 4. The molecule has 0 atom stereocenters. The van der Waals surface area contributed by atoms with E-state index in [-0.39, 0.29) is 24.0 Å². The molecule has 0 fully saturated rings. The highest BCUT2D eigenvalue weighted by Gasteiger charge is 2.03. The maximum absolute atomic E-state index is 5.60. The van der Waals surface area contributed by atoms with Crippen molar-refractivity contribution in [3.63, 3.8) is 0 Å². The average molecular weight is 450 g/mol. The van der Waals surface area contributed by atoms with Gasteiger partial charge in [0.2, 0.25) is 5.88 Å². The summed E-state index contributed by atoms with van der Waals surface area (Å²) in [6, 6.07) is 3.85. The summed E-state index contributed by atoms with van der Waals surface area (Å²) >= 11 is 0. The highest BCUT2D eigenvalue weighted by molar-refractivity contribution is 14.0. The van der Waals surface area contributed by atoms with Gasteiger partial charge >= 0.3 is 0 Å². The van der Waals surface area contributed by atoms with Gasteiger partial charge in [-0.2, -0.15) is 0 Å². The maximum Gasteiger partial charge on any atom is 0.218 e. The summed E-state index contributed by atoms with van der Waals surface area (Å²) in [6.07, 6.45) is 2.80. The topological polar surface area (TPSA) is 67.8 Å². The number of guanidine groups is 1. The van der Waals surface area contributed by atoms with E-state index in [1.807, 2.05) is 19.1 Å². The minimum absolute atomic E-state index is 0. The summed E-state index contributed by atoms with van der Waals surface area (Å²) < 4.78 is 10.8. The number of aromatic nitrogens is 1. The lowest BCUT2D eigenvalue weighted by Crippen LogP contribution is -2.39. The first-order chi connectivity index (χ1) is 11.2. The van der Waals surface area contributed by atoms with Crippen LogP contribution in [0.15, 0.2) is 23.3 Å². The molecule has 1 aromatic heterocycles. The van der Waals surface area contributed by atoms with Crippen LogP contribution in [0.25, 0.3) is 0 Å². The zero-order chi connectivity index (χ0) is 16.9. The summed E-state index contributed by atoms with van der Waals surface area (Å²) in [7, 11) is 1.62. The molecule has 0 aliphatic heterocycles.